The third-order valence-corrected chi connectivity index (χ3v) is 4.41. The molecule has 0 spiro atoms. The van der Waals surface area contributed by atoms with Gasteiger partial charge in [0.25, 0.3) is 5.91 Å². The van der Waals surface area contributed by atoms with Crippen molar-refractivity contribution in [2.75, 3.05) is 6.54 Å². The minimum absolute atomic E-state index is 0.00596. The minimum Gasteiger partial charge on any atom is -0.352 e. The summed E-state index contributed by atoms with van der Waals surface area (Å²) in [6.45, 7) is 4.66. The number of carbonyl (C=O) groups is 1. The van der Waals surface area contributed by atoms with E-state index in [1.54, 1.807) is 0 Å². The molecule has 2 heteroatoms. The molecule has 0 aliphatic heterocycles. The van der Waals surface area contributed by atoms with Gasteiger partial charge in [0.2, 0.25) is 0 Å². The smallest absolute Gasteiger partial charge is 0.251 e. The number of hydrogen-bond acceptors (Lipinski definition) is 1. The number of rotatable bonds is 4. The van der Waals surface area contributed by atoms with E-state index in [4.69, 9.17) is 0 Å². The largest absolute Gasteiger partial charge is 0.352 e. The highest BCUT2D eigenvalue weighted by Gasteiger charge is 2.09. The maximum absolute atomic E-state index is 12.4. The Hall–Kier alpha value is -2.61. The van der Waals surface area contributed by atoms with Crippen LogP contribution in [0.4, 0.5) is 0 Å². The third kappa shape index (κ3) is 3.26. The summed E-state index contributed by atoms with van der Waals surface area (Å²) in [5, 5.41) is 5.54. The number of benzene rings is 3. The van der Waals surface area contributed by atoms with Gasteiger partial charge in [-0.1, -0.05) is 54.6 Å². The Morgan fingerprint density at radius 2 is 1.65 bits per heavy atom. The predicted molar refractivity (Wildman–Crippen MR) is 95.9 cm³/mol. The van der Waals surface area contributed by atoms with E-state index in [1.807, 2.05) is 32.0 Å². The monoisotopic (exact) mass is 303 g/mol. The first kappa shape index (κ1) is 15.3. The van der Waals surface area contributed by atoms with Gasteiger partial charge in [-0.15, -0.1) is 0 Å². The van der Waals surface area contributed by atoms with Gasteiger partial charge in [0, 0.05) is 12.1 Å². The van der Waals surface area contributed by atoms with Crippen LogP contribution in [0.1, 0.15) is 27.0 Å². The average Bonchev–Trinajstić information content (AvgIpc) is 2.57. The lowest BCUT2D eigenvalue weighted by Gasteiger charge is -2.10. The molecule has 2 nitrogen and oxygen atoms in total. The van der Waals surface area contributed by atoms with E-state index >= 15 is 0 Å². The van der Waals surface area contributed by atoms with Crippen molar-refractivity contribution in [3.8, 4) is 0 Å². The summed E-state index contributed by atoms with van der Waals surface area (Å²) in [4.78, 5) is 12.4. The molecule has 0 unspecified atom stereocenters. The zero-order valence-corrected chi connectivity index (χ0v) is 13.6. The molecule has 0 aliphatic carbocycles. The number of nitrogens with one attached hydrogen (secondary N) is 1. The highest BCUT2D eigenvalue weighted by atomic mass is 16.1. The van der Waals surface area contributed by atoms with E-state index in [9.17, 15) is 4.79 Å². The molecule has 0 radical (unpaired) electrons. The summed E-state index contributed by atoms with van der Waals surface area (Å²) in [6.07, 6.45) is 0.831. The number of carbonyl (C=O) groups excluding carboxylic acids is 1. The number of amides is 1. The molecule has 0 atom stereocenters. The lowest BCUT2D eigenvalue weighted by molar-refractivity contribution is 0.0953. The van der Waals surface area contributed by atoms with Crippen LogP contribution in [-0.2, 0) is 6.42 Å². The molecule has 3 rings (SSSR count). The number of aryl methyl sites for hydroxylation is 1. The van der Waals surface area contributed by atoms with Crippen molar-refractivity contribution in [1.29, 1.82) is 0 Å². The summed E-state index contributed by atoms with van der Waals surface area (Å²) in [5.41, 5.74) is 4.23. The molecule has 23 heavy (non-hydrogen) atoms. The molecule has 0 heterocycles. The Morgan fingerprint density at radius 3 is 2.52 bits per heavy atom. The maximum atomic E-state index is 12.4. The Balaban J connectivity index is 1.69. The van der Waals surface area contributed by atoms with Crippen LogP contribution in [0.2, 0.25) is 0 Å². The minimum atomic E-state index is 0.00596. The molecule has 0 saturated carbocycles. The van der Waals surface area contributed by atoms with E-state index in [-0.39, 0.29) is 5.91 Å². The summed E-state index contributed by atoms with van der Waals surface area (Å²) in [6, 6.07) is 20.5. The zero-order valence-electron chi connectivity index (χ0n) is 13.6. The molecule has 1 amide bonds. The second-order valence-electron chi connectivity index (χ2n) is 5.89. The van der Waals surface area contributed by atoms with Crippen LogP contribution in [0.3, 0.4) is 0 Å². The Labute approximate surface area is 137 Å². The van der Waals surface area contributed by atoms with Crippen LogP contribution in [0.25, 0.3) is 10.8 Å². The van der Waals surface area contributed by atoms with E-state index in [0.29, 0.717) is 6.54 Å². The van der Waals surface area contributed by atoms with Crippen LogP contribution in [0.5, 0.6) is 0 Å². The van der Waals surface area contributed by atoms with Crippen LogP contribution >= 0.6 is 0 Å². The Bertz CT molecular complexity index is 846. The zero-order chi connectivity index (χ0) is 16.2. The van der Waals surface area contributed by atoms with Crippen molar-refractivity contribution in [3.05, 3.63) is 82.9 Å². The lowest BCUT2D eigenvalue weighted by atomic mass is 10.0. The molecule has 1 N–H and O–H groups in total. The van der Waals surface area contributed by atoms with Crippen LogP contribution < -0.4 is 5.32 Å². The van der Waals surface area contributed by atoms with Gasteiger partial charge < -0.3 is 5.32 Å². The van der Waals surface area contributed by atoms with Crippen molar-refractivity contribution in [2.24, 2.45) is 0 Å². The molecule has 116 valence electrons. The second kappa shape index (κ2) is 6.66. The number of fused-ring (bicyclic) bond motifs is 1. The molecule has 3 aromatic rings. The molecular formula is C21H21NO. The summed E-state index contributed by atoms with van der Waals surface area (Å²) < 4.78 is 0. The quantitative estimate of drug-likeness (QED) is 0.759. The SMILES string of the molecule is Cc1cccc(C(=O)NCCc2cccc3ccccc23)c1C. The first-order valence-corrected chi connectivity index (χ1v) is 7.98. The van der Waals surface area contributed by atoms with Crippen molar-refractivity contribution in [3.63, 3.8) is 0 Å². The van der Waals surface area contributed by atoms with E-state index in [2.05, 4.69) is 47.8 Å². The van der Waals surface area contributed by atoms with Gasteiger partial charge in [0.1, 0.15) is 0 Å². The van der Waals surface area contributed by atoms with Crippen LogP contribution in [-0.4, -0.2) is 12.5 Å². The van der Waals surface area contributed by atoms with Crippen molar-refractivity contribution >= 4 is 16.7 Å². The van der Waals surface area contributed by atoms with E-state index in [0.717, 1.165) is 23.1 Å². The fraction of sp³-hybridized carbons (Fsp3) is 0.190. The van der Waals surface area contributed by atoms with E-state index in [1.165, 1.54) is 16.3 Å². The standard InChI is InChI=1S/C21H21NO/c1-15-7-5-12-19(16(15)2)21(23)22-14-13-18-10-6-9-17-8-3-4-11-20(17)18/h3-12H,13-14H2,1-2H3,(H,22,23). The third-order valence-electron chi connectivity index (χ3n) is 4.41. The molecule has 0 saturated heterocycles. The fourth-order valence-electron chi connectivity index (χ4n) is 2.91. The van der Waals surface area contributed by atoms with Gasteiger partial charge in [0.05, 0.1) is 0 Å². The van der Waals surface area contributed by atoms with Gasteiger partial charge >= 0.3 is 0 Å². The molecule has 3 aromatic carbocycles. The predicted octanol–water partition coefficient (Wildman–Crippen LogP) is 4.43. The van der Waals surface area contributed by atoms with Gasteiger partial charge in [-0.05, 0) is 53.8 Å². The fourth-order valence-corrected chi connectivity index (χ4v) is 2.91. The highest BCUT2D eigenvalue weighted by molar-refractivity contribution is 5.96. The number of hydrogen-bond donors (Lipinski definition) is 1. The topological polar surface area (TPSA) is 29.1 Å². The normalized spacial score (nSPS) is 10.7. The Morgan fingerprint density at radius 1 is 0.913 bits per heavy atom. The first-order valence-electron chi connectivity index (χ1n) is 7.98. The molecule has 0 bridgehead atoms. The first-order chi connectivity index (χ1) is 11.2. The van der Waals surface area contributed by atoms with Crippen molar-refractivity contribution in [2.45, 2.75) is 20.3 Å². The van der Waals surface area contributed by atoms with Crippen LogP contribution in [0.15, 0.2) is 60.7 Å². The molecule has 0 fully saturated rings. The Kier molecular flexibility index (Phi) is 4.42. The summed E-state index contributed by atoms with van der Waals surface area (Å²) in [5.74, 6) is 0.00596. The lowest BCUT2D eigenvalue weighted by Crippen LogP contribution is -2.26. The van der Waals surface area contributed by atoms with Gasteiger partial charge in [-0.25, -0.2) is 0 Å². The van der Waals surface area contributed by atoms with Gasteiger partial charge in [-0.2, -0.15) is 0 Å². The second-order valence-corrected chi connectivity index (χ2v) is 5.89. The summed E-state index contributed by atoms with van der Waals surface area (Å²) >= 11 is 0. The maximum Gasteiger partial charge on any atom is 0.251 e. The van der Waals surface area contributed by atoms with Gasteiger partial charge in [0.15, 0.2) is 0 Å². The van der Waals surface area contributed by atoms with Gasteiger partial charge in [-0.3, -0.25) is 4.79 Å². The highest BCUT2D eigenvalue weighted by Crippen LogP contribution is 2.18. The summed E-state index contributed by atoms with van der Waals surface area (Å²) in [7, 11) is 0. The van der Waals surface area contributed by atoms with Crippen molar-refractivity contribution < 1.29 is 4.79 Å². The average molecular weight is 303 g/mol. The van der Waals surface area contributed by atoms with Crippen molar-refractivity contribution in [1.82, 2.24) is 5.32 Å². The molecule has 0 aliphatic rings. The molecule has 0 aromatic heterocycles. The molecular weight excluding hydrogens is 282 g/mol. The van der Waals surface area contributed by atoms with E-state index < -0.39 is 0 Å². The van der Waals surface area contributed by atoms with Crippen LogP contribution in [0, 0.1) is 13.8 Å².